The maximum atomic E-state index is 14.5. The highest BCUT2D eigenvalue weighted by Gasteiger charge is 2.53. The van der Waals surface area contributed by atoms with E-state index in [1.807, 2.05) is 58.1 Å². The van der Waals surface area contributed by atoms with Crippen LogP contribution in [0.5, 0.6) is 0 Å². The van der Waals surface area contributed by atoms with Crippen LogP contribution in [-0.4, -0.2) is 162 Å². The third-order valence-electron chi connectivity index (χ3n) is 15.7. The Morgan fingerprint density at radius 2 is 1.59 bits per heavy atom. The van der Waals surface area contributed by atoms with Crippen LogP contribution in [0.25, 0.3) is 0 Å². The number of piperidine rings is 1. The van der Waals surface area contributed by atoms with Gasteiger partial charge in [0.1, 0.15) is 42.8 Å². The van der Waals surface area contributed by atoms with Gasteiger partial charge in [-0.3, -0.25) is 19.2 Å². The van der Waals surface area contributed by atoms with E-state index in [0.29, 0.717) is 64.2 Å². The summed E-state index contributed by atoms with van der Waals surface area (Å²) in [5.74, 6) is -8.81. The van der Waals surface area contributed by atoms with Crippen LogP contribution in [0.2, 0.25) is 0 Å². The van der Waals surface area contributed by atoms with Crippen molar-refractivity contribution in [3.63, 3.8) is 0 Å². The third-order valence-corrected chi connectivity index (χ3v) is 15.7. The molecule has 1 amide bonds. The fourth-order valence-corrected chi connectivity index (χ4v) is 10.9. The van der Waals surface area contributed by atoms with Crippen molar-refractivity contribution in [3.8, 4) is 0 Å². The largest absolute Gasteiger partial charge is 0.508 e. The molecule has 3 aliphatic heterocycles. The van der Waals surface area contributed by atoms with E-state index in [2.05, 4.69) is 0 Å². The van der Waals surface area contributed by atoms with Crippen molar-refractivity contribution in [2.24, 2.45) is 41.4 Å². The van der Waals surface area contributed by atoms with Gasteiger partial charge in [-0.2, -0.15) is 0 Å². The molecule has 0 radical (unpaired) electrons. The summed E-state index contributed by atoms with van der Waals surface area (Å²) in [6.07, 6.45) is 6.45. The molecule has 4 rings (SSSR count). The number of ketones is 3. The normalized spacial score (nSPS) is 36.8. The predicted octanol–water partition coefficient (Wildman–Crippen LogP) is 5.77. The fourth-order valence-electron chi connectivity index (χ4n) is 10.9. The lowest BCUT2D eigenvalue weighted by atomic mass is 9.78. The average Bonchev–Trinajstić information content (AvgIpc) is 3.37. The van der Waals surface area contributed by atoms with E-state index in [1.165, 1.54) is 19.1 Å². The molecule has 1 aliphatic carbocycles. The Bertz CT molecular complexity index is 1920. The number of hydrogen-bond acceptors (Lipinski definition) is 17. The predicted molar refractivity (Wildman–Crippen MR) is 268 cm³/mol. The number of nitrogens with zero attached hydrogens (tertiary/aromatic N) is 1. The highest BCUT2D eigenvalue weighted by atomic mass is 16.7. The van der Waals surface area contributed by atoms with Gasteiger partial charge in [0.2, 0.25) is 5.79 Å². The van der Waals surface area contributed by atoms with Crippen LogP contribution < -0.4 is 0 Å². The van der Waals surface area contributed by atoms with Crippen LogP contribution in [0.15, 0.2) is 36.0 Å². The molecule has 73 heavy (non-hydrogen) atoms. The van der Waals surface area contributed by atoms with Crippen LogP contribution >= 0.6 is 0 Å². The number of amides is 1. The van der Waals surface area contributed by atoms with Crippen LogP contribution in [0.4, 0.5) is 4.79 Å². The highest BCUT2D eigenvalue weighted by molar-refractivity contribution is 6.39. The van der Waals surface area contributed by atoms with E-state index in [4.69, 9.17) is 38.3 Å². The molecule has 0 aromatic carbocycles. The van der Waals surface area contributed by atoms with Gasteiger partial charge in [-0.1, -0.05) is 71.9 Å². The number of esters is 1. The molecule has 2 bridgehead atoms. The van der Waals surface area contributed by atoms with Crippen LogP contribution in [0.3, 0.4) is 0 Å². The summed E-state index contributed by atoms with van der Waals surface area (Å²) in [5, 5.41) is 42.2. The van der Waals surface area contributed by atoms with E-state index in [0.717, 1.165) is 5.57 Å². The lowest BCUT2D eigenvalue weighted by Crippen LogP contribution is -2.61. The monoisotopic (exact) mass is 1030 g/mol. The summed E-state index contributed by atoms with van der Waals surface area (Å²) in [6, 6.07) is -1.19. The Balaban J connectivity index is 1.65. The van der Waals surface area contributed by atoms with E-state index in [1.54, 1.807) is 27.9 Å². The van der Waals surface area contributed by atoms with Crippen molar-refractivity contribution in [3.05, 3.63) is 36.0 Å². The third kappa shape index (κ3) is 17.3. The molecule has 0 aromatic rings. The minimum atomic E-state index is -2.47. The summed E-state index contributed by atoms with van der Waals surface area (Å²) in [6.45, 7) is 11.8. The van der Waals surface area contributed by atoms with Gasteiger partial charge in [0.15, 0.2) is 5.78 Å². The number of aliphatic hydroxyl groups is 4. The SMILES string of the molecule is CO[C@H]1CC2CC[C@@H](C)[C@@](O)(O2)C(=O)C(=O)N2CCCCC2C(=O)O[C@H]([C@H](C)C[C@@H]2CC[C@@H](OC(=O)OCC(O)CO)[C@H](OC)C2)CC(=O)[C@H](C)CC(C)[C@@H](O)[C@@H](OC)C(=O)[C@H](C)C[C@H](C)/C=C/C=CC=C1C. The number of hydrogen-bond donors (Lipinski definition) is 4. The molecule has 4 aliphatic rings. The van der Waals surface area contributed by atoms with Gasteiger partial charge in [-0.15, -0.1) is 0 Å². The Morgan fingerprint density at radius 3 is 2.26 bits per heavy atom. The first-order valence-electron chi connectivity index (χ1n) is 26.5. The molecule has 0 spiro atoms. The average molecular weight is 1030 g/mol. The molecule has 3 heterocycles. The molecule has 18 heteroatoms. The Labute approximate surface area is 432 Å². The molecule has 3 fully saturated rings. The lowest BCUT2D eigenvalue weighted by molar-refractivity contribution is -0.265. The van der Waals surface area contributed by atoms with Gasteiger partial charge in [-0.05, 0) is 107 Å². The molecular formula is C55H87NO17. The zero-order valence-electron chi connectivity index (χ0n) is 45.0. The number of allylic oxidation sites excluding steroid dienone is 5. The molecule has 4 N–H and O–H groups in total. The van der Waals surface area contributed by atoms with E-state index in [9.17, 15) is 44.1 Å². The molecule has 414 valence electrons. The summed E-state index contributed by atoms with van der Waals surface area (Å²) >= 11 is 0. The number of carbonyl (C=O) groups excluding carboxylic acids is 6. The number of rotatable bonds is 10. The van der Waals surface area contributed by atoms with Crippen molar-refractivity contribution in [2.75, 3.05) is 41.1 Å². The van der Waals surface area contributed by atoms with Crippen molar-refractivity contribution < 1.29 is 82.4 Å². The molecule has 1 saturated carbocycles. The summed E-state index contributed by atoms with van der Waals surface area (Å²) in [7, 11) is 4.45. The van der Waals surface area contributed by atoms with Crippen molar-refractivity contribution in [1.82, 2.24) is 4.90 Å². The summed E-state index contributed by atoms with van der Waals surface area (Å²) in [4.78, 5) is 84.9. The smallest absolute Gasteiger partial charge is 0.460 e. The van der Waals surface area contributed by atoms with Crippen molar-refractivity contribution >= 4 is 35.4 Å². The second kappa shape index (κ2) is 29.4. The van der Waals surface area contributed by atoms with Gasteiger partial charge in [0.05, 0.1) is 31.0 Å². The number of fused-ring (bicyclic) bond motifs is 3. The topological polar surface area (TPSA) is 251 Å². The van der Waals surface area contributed by atoms with Gasteiger partial charge in [0, 0.05) is 58.5 Å². The van der Waals surface area contributed by atoms with E-state index in [-0.39, 0.29) is 49.2 Å². The number of Topliss-reactive ketones (excluding diaryl/α,β-unsaturated/α-hetero) is 3. The van der Waals surface area contributed by atoms with Crippen LogP contribution in [0, 0.1) is 41.4 Å². The first-order chi connectivity index (χ1) is 34.6. The zero-order valence-corrected chi connectivity index (χ0v) is 45.0. The maximum Gasteiger partial charge on any atom is 0.508 e. The van der Waals surface area contributed by atoms with Gasteiger partial charge in [-0.25, -0.2) is 9.59 Å². The van der Waals surface area contributed by atoms with Crippen LogP contribution in [-0.2, 0) is 57.1 Å². The Morgan fingerprint density at radius 1 is 0.863 bits per heavy atom. The van der Waals surface area contributed by atoms with Crippen LogP contribution in [0.1, 0.15) is 132 Å². The summed E-state index contributed by atoms with van der Waals surface area (Å²) < 4.78 is 40.1. The minimum absolute atomic E-state index is 0.00605. The second-order valence-corrected chi connectivity index (χ2v) is 21.5. The van der Waals surface area contributed by atoms with E-state index >= 15 is 0 Å². The Hall–Kier alpha value is -3.88. The van der Waals surface area contributed by atoms with Gasteiger partial charge in [0.25, 0.3) is 11.7 Å². The molecular weight excluding hydrogens is 947 g/mol. The summed E-state index contributed by atoms with van der Waals surface area (Å²) in [5.41, 5.74) is 0.864. The maximum absolute atomic E-state index is 14.5. The number of aliphatic hydroxyl groups excluding tert-OH is 3. The number of carbonyl (C=O) groups is 6. The van der Waals surface area contributed by atoms with E-state index < -0.39 is 127 Å². The number of cyclic esters (lactones) is 1. The van der Waals surface area contributed by atoms with Crippen molar-refractivity contribution in [2.45, 2.75) is 193 Å². The molecule has 2 saturated heterocycles. The number of ether oxygens (including phenoxy) is 7. The van der Waals surface area contributed by atoms with Gasteiger partial charge < -0.3 is 58.5 Å². The lowest BCUT2D eigenvalue weighted by Gasteiger charge is -2.42. The molecule has 17 atom stereocenters. The quantitative estimate of drug-likeness (QED) is 0.150. The highest BCUT2D eigenvalue weighted by Crippen LogP contribution is 2.38. The minimum Gasteiger partial charge on any atom is -0.460 e. The molecule has 18 nitrogen and oxygen atoms in total. The molecule has 0 aromatic heterocycles. The van der Waals surface area contributed by atoms with Gasteiger partial charge >= 0.3 is 12.1 Å². The second-order valence-electron chi connectivity index (χ2n) is 21.5. The fraction of sp³-hybridized carbons (Fsp3) is 0.782. The number of methoxy groups -OCH3 is 3. The van der Waals surface area contributed by atoms with Crippen molar-refractivity contribution in [1.29, 1.82) is 0 Å². The zero-order chi connectivity index (χ0) is 54.2. The first kappa shape index (κ1) is 61.7. The Kier molecular flexibility index (Phi) is 24.9. The molecule has 4 unspecified atom stereocenters. The first-order valence-corrected chi connectivity index (χ1v) is 26.5. The standard InChI is InChI=1S/C55H87NO17/c1-32-16-12-11-13-17-33(2)45(67-8)28-41-21-19-38(7)55(66,73-41)51(62)52(63)56-23-15-14-18-42(56)53(64)71-46(29-43(59)34(3)25-37(6)49(61)50(69-10)48(60)36(5)24-32)35(4)26-39-20-22-44(47(27-39)68-9)72-54(65)70-31-40(58)30-57/h11-13,16-17,32,34-42,44-47,49-50,57-58,61,66H,14-15,18-31H2,1-10H3/b13-11?,16-12+,33-17?/t32-,34-,35-,36-,37?,38-,39+,40?,41?,42?,44-,45+,46+,47-,49-,50+,55-/m1/s1.